The number of alkyl halides is 1. The normalized spacial score (nSPS) is 19.4. The van der Waals surface area contributed by atoms with Crippen LogP contribution in [0.15, 0.2) is 58.4 Å². The van der Waals surface area contributed by atoms with E-state index >= 15 is 4.39 Å². The number of methoxy groups -OCH3 is 1. The number of furan rings is 1. The molecule has 4 rings (SSSR count). The smallest absolute Gasteiger partial charge is 0.303 e. The molecule has 6 nitrogen and oxygen atoms in total. The fourth-order valence-electron chi connectivity index (χ4n) is 5.24. The van der Waals surface area contributed by atoms with Gasteiger partial charge in [-0.25, -0.2) is 4.39 Å². The average molecular weight is 515 g/mol. The minimum Gasteiger partial charge on any atom is -0.497 e. The zero-order valence-corrected chi connectivity index (χ0v) is 21.6. The van der Waals surface area contributed by atoms with Crippen LogP contribution in [0.4, 0.5) is 4.39 Å². The first-order valence-electron chi connectivity index (χ1n) is 12.7. The van der Waals surface area contributed by atoms with Crippen molar-refractivity contribution in [2.45, 2.75) is 49.8 Å². The number of hydrogen-bond acceptors (Lipinski definition) is 6. The number of pyridine rings is 1. The monoisotopic (exact) mass is 514 g/mol. The van der Waals surface area contributed by atoms with E-state index in [1.165, 1.54) is 0 Å². The Bertz CT molecular complexity index is 1110. The number of halogens is 1. The summed E-state index contributed by atoms with van der Waals surface area (Å²) < 4.78 is 26.2. The van der Waals surface area contributed by atoms with Gasteiger partial charge in [-0.1, -0.05) is 11.8 Å². The number of carboxylic acid groups (broad SMARTS) is 1. The van der Waals surface area contributed by atoms with Crippen LogP contribution in [-0.4, -0.2) is 53.5 Å². The lowest BCUT2D eigenvalue weighted by Gasteiger charge is -2.39. The summed E-state index contributed by atoms with van der Waals surface area (Å²) in [6, 6.07) is 11.2. The lowest BCUT2D eigenvalue weighted by molar-refractivity contribution is -0.137. The Hall–Kier alpha value is -2.58. The first-order valence-corrected chi connectivity index (χ1v) is 13.7. The SMILES string of the molecule is COc1ccc2nccc([C@@H](F)CCC3CCN(CCCSc4ccco4)CC3CCC(=O)O)c2c1. The maximum Gasteiger partial charge on any atom is 0.303 e. The van der Waals surface area contributed by atoms with Gasteiger partial charge >= 0.3 is 5.97 Å². The molecule has 194 valence electrons. The minimum atomic E-state index is -1.10. The number of benzene rings is 1. The van der Waals surface area contributed by atoms with E-state index in [9.17, 15) is 9.90 Å². The van der Waals surface area contributed by atoms with Gasteiger partial charge in [0.25, 0.3) is 0 Å². The van der Waals surface area contributed by atoms with E-state index in [1.807, 2.05) is 30.3 Å². The molecule has 1 aliphatic rings. The molecule has 0 saturated carbocycles. The standard InChI is InChI=1S/C28H35FN2O4S/c1-34-22-7-9-26-24(18-22)23(11-13-30-26)25(29)8-5-20-12-15-31(19-21(20)6-10-27(32)33)14-3-17-36-28-4-2-16-35-28/h2,4,7,9,11,13,16,18,20-21,25H,3,5-6,8,10,12,14-15,17,19H2,1H3,(H,32,33)/t20?,21?,25-/m0/s1. The summed E-state index contributed by atoms with van der Waals surface area (Å²) in [5.41, 5.74) is 1.40. The highest BCUT2D eigenvalue weighted by atomic mass is 32.2. The molecule has 1 N–H and O–H groups in total. The topological polar surface area (TPSA) is 75.8 Å². The highest BCUT2D eigenvalue weighted by molar-refractivity contribution is 7.99. The number of nitrogens with zero attached hydrogens (tertiary/aromatic N) is 2. The molecule has 36 heavy (non-hydrogen) atoms. The van der Waals surface area contributed by atoms with Crippen LogP contribution in [0.3, 0.4) is 0 Å². The second kappa shape index (κ2) is 13.1. The number of carbonyl (C=O) groups is 1. The van der Waals surface area contributed by atoms with Gasteiger partial charge in [0, 0.05) is 30.3 Å². The Labute approximate surface area is 216 Å². The predicted octanol–water partition coefficient (Wildman–Crippen LogP) is 6.61. The number of hydrogen-bond donors (Lipinski definition) is 1. The molecule has 0 aliphatic carbocycles. The van der Waals surface area contributed by atoms with Gasteiger partial charge in [-0.2, -0.15) is 0 Å². The van der Waals surface area contributed by atoms with E-state index in [1.54, 1.807) is 37.4 Å². The lowest BCUT2D eigenvalue weighted by Crippen LogP contribution is -2.41. The molecule has 2 unspecified atom stereocenters. The van der Waals surface area contributed by atoms with E-state index in [0.29, 0.717) is 30.1 Å². The molecule has 3 aromatic rings. The molecule has 0 radical (unpaired) electrons. The number of aliphatic carboxylic acids is 1. The molecule has 0 amide bonds. The van der Waals surface area contributed by atoms with Gasteiger partial charge in [-0.15, -0.1) is 0 Å². The Kier molecular flexibility index (Phi) is 9.64. The van der Waals surface area contributed by atoms with E-state index in [-0.39, 0.29) is 12.3 Å². The van der Waals surface area contributed by atoms with E-state index in [0.717, 1.165) is 60.6 Å². The molecule has 1 aliphatic heterocycles. The summed E-state index contributed by atoms with van der Waals surface area (Å²) in [5, 5.41) is 11.0. The van der Waals surface area contributed by atoms with E-state index in [4.69, 9.17) is 9.15 Å². The highest BCUT2D eigenvalue weighted by Crippen LogP contribution is 2.36. The van der Waals surface area contributed by atoms with Crippen molar-refractivity contribution in [1.82, 2.24) is 9.88 Å². The Morgan fingerprint density at radius 2 is 2.19 bits per heavy atom. The average Bonchev–Trinajstić information content (AvgIpc) is 3.42. The van der Waals surface area contributed by atoms with E-state index in [2.05, 4.69) is 9.88 Å². The van der Waals surface area contributed by atoms with Crippen LogP contribution in [0.1, 0.15) is 50.3 Å². The maximum absolute atomic E-state index is 15.5. The molecular formula is C28H35FN2O4S. The van der Waals surface area contributed by atoms with Crippen molar-refractivity contribution in [2.75, 3.05) is 32.5 Å². The molecule has 8 heteroatoms. The first-order chi connectivity index (χ1) is 17.5. The minimum absolute atomic E-state index is 0.164. The van der Waals surface area contributed by atoms with Crippen LogP contribution in [0.25, 0.3) is 10.9 Å². The van der Waals surface area contributed by atoms with Crippen molar-refractivity contribution < 1.29 is 23.4 Å². The predicted molar refractivity (Wildman–Crippen MR) is 140 cm³/mol. The van der Waals surface area contributed by atoms with Crippen LogP contribution in [0.2, 0.25) is 0 Å². The molecule has 2 aromatic heterocycles. The summed E-state index contributed by atoms with van der Waals surface area (Å²) in [6.45, 7) is 2.85. The van der Waals surface area contributed by atoms with Gasteiger partial charge in [0.15, 0.2) is 5.09 Å². The number of ether oxygens (including phenoxy) is 1. The zero-order valence-electron chi connectivity index (χ0n) is 20.8. The Morgan fingerprint density at radius 3 is 2.97 bits per heavy atom. The quantitative estimate of drug-likeness (QED) is 0.203. The van der Waals surface area contributed by atoms with Crippen LogP contribution < -0.4 is 4.74 Å². The fraction of sp³-hybridized carbons (Fsp3) is 0.500. The molecule has 0 bridgehead atoms. The van der Waals surface area contributed by atoms with Crippen molar-refractivity contribution in [3.63, 3.8) is 0 Å². The summed E-state index contributed by atoms with van der Waals surface area (Å²) in [4.78, 5) is 18.1. The van der Waals surface area contributed by atoms with Crippen LogP contribution >= 0.6 is 11.8 Å². The number of carboxylic acids is 1. The molecule has 1 fully saturated rings. The number of aromatic nitrogens is 1. The third kappa shape index (κ3) is 7.23. The number of thioether (sulfide) groups is 1. The van der Waals surface area contributed by atoms with E-state index < -0.39 is 12.1 Å². The molecular weight excluding hydrogens is 479 g/mol. The van der Waals surface area contributed by atoms with Gasteiger partial charge in [-0.3, -0.25) is 9.78 Å². The summed E-state index contributed by atoms with van der Waals surface area (Å²) >= 11 is 1.72. The first kappa shape index (κ1) is 26.5. The third-order valence-corrected chi connectivity index (χ3v) is 8.18. The molecule has 3 atom stereocenters. The van der Waals surface area contributed by atoms with Crippen LogP contribution in [0.5, 0.6) is 5.75 Å². The second-order valence-electron chi connectivity index (χ2n) is 9.50. The van der Waals surface area contributed by atoms with Gasteiger partial charge in [0.05, 0.1) is 18.9 Å². The summed E-state index contributed by atoms with van der Waals surface area (Å²) in [7, 11) is 1.60. The van der Waals surface area contributed by atoms with Crippen molar-refractivity contribution in [2.24, 2.45) is 11.8 Å². The largest absolute Gasteiger partial charge is 0.497 e. The molecule has 0 spiro atoms. The maximum atomic E-state index is 15.5. The second-order valence-corrected chi connectivity index (χ2v) is 10.6. The van der Waals surface area contributed by atoms with Crippen LogP contribution in [0, 0.1) is 11.8 Å². The third-order valence-electron chi connectivity index (χ3n) is 7.17. The lowest BCUT2D eigenvalue weighted by atomic mass is 9.79. The van der Waals surface area contributed by atoms with Gasteiger partial charge in [0.2, 0.25) is 0 Å². The van der Waals surface area contributed by atoms with Gasteiger partial charge in [0.1, 0.15) is 11.9 Å². The fourth-order valence-corrected chi connectivity index (χ4v) is 6.02. The zero-order chi connectivity index (χ0) is 25.3. The number of rotatable bonds is 13. The van der Waals surface area contributed by atoms with Crippen molar-refractivity contribution in [3.05, 3.63) is 54.4 Å². The van der Waals surface area contributed by atoms with Crippen molar-refractivity contribution >= 4 is 28.6 Å². The van der Waals surface area contributed by atoms with Crippen molar-refractivity contribution in [3.8, 4) is 5.75 Å². The number of likely N-dealkylation sites (tertiary alicyclic amines) is 1. The molecule has 1 aromatic carbocycles. The number of piperidine rings is 1. The Balaban J connectivity index is 1.33. The molecule has 3 heterocycles. The highest BCUT2D eigenvalue weighted by Gasteiger charge is 2.30. The molecule has 1 saturated heterocycles. The van der Waals surface area contributed by atoms with Crippen molar-refractivity contribution in [1.29, 1.82) is 0 Å². The summed E-state index contributed by atoms with van der Waals surface area (Å²) in [5.74, 6) is 1.52. The Morgan fingerprint density at radius 1 is 1.31 bits per heavy atom. The summed E-state index contributed by atoms with van der Waals surface area (Å²) in [6.07, 6.45) is 6.26. The van der Waals surface area contributed by atoms with Gasteiger partial charge in [-0.05, 0) is 99.0 Å². The number of fused-ring (bicyclic) bond motifs is 1. The van der Waals surface area contributed by atoms with Crippen LogP contribution in [-0.2, 0) is 4.79 Å². The van der Waals surface area contributed by atoms with Gasteiger partial charge < -0.3 is 19.2 Å².